The van der Waals surface area contributed by atoms with Crippen molar-refractivity contribution < 1.29 is 27.6 Å². The minimum atomic E-state index is -4.42. The number of hydrogen-bond donors (Lipinski definition) is 1. The highest BCUT2D eigenvalue weighted by Crippen LogP contribution is 2.37. The maximum atomic E-state index is 13.3. The van der Waals surface area contributed by atoms with Crippen molar-refractivity contribution >= 4 is 17.5 Å². The zero-order chi connectivity index (χ0) is 21.3. The number of carbonyl (C=O) groups is 1. The maximum Gasteiger partial charge on any atom is 0.418 e. The first kappa shape index (κ1) is 19.7. The number of aliphatic carboxylic acids is 1. The number of anilines is 2. The molecule has 0 atom stereocenters. The van der Waals surface area contributed by atoms with Gasteiger partial charge in [-0.25, -0.2) is 0 Å². The number of carboxylic acid groups (broad SMARTS) is 1. The average molecular weight is 423 g/mol. The van der Waals surface area contributed by atoms with E-state index < -0.39 is 24.3 Å². The van der Waals surface area contributed by atoms with Crippen molar-refractivity contribution in [3.63, 3.8) is 0 Å². The van der Waals surface area contributed by atoms with E-state index in [-0.39, 0.29) is 17.3 Å². The Morgan fingerprint density at radius 3 is 2.53 bits per heavy atom. The predicted molar refractivity (Wildman–Crippen MR) is 96.8 cm³/mol. The van der Waals surface area contributed by atoms with Gasteiger partial charge in [0.1, 0.15) is 0 Å². The number of alkyl halides is 3. The lowest BCUT2D eigenvalue weighted by Crippen LogP contribution is -2.47. The minimum absolute atomic E-state index is 0.0905. The summed E-state index contributed by atoms with van der Waals surface area (Å²) in [6.45, 7) is 1.20. The predicted octanol–water partition coefficient (Wildman–Crippen LogP) is 1.76. The van der Waals surface area contributed by atoms with Crippen LogP contribution in [-0.4, -0.2) is 62.6 Å². The Morgan fingerprint density at radius 1 is 1.13 bits per heavy atom. The SMILES string of the molecule is O=C(O)Cn1nnc(-c2cc(N3CCN(c4ccccc4C(F)(F)F)CC3)no2)n1. The van der Waals surface area contributed by atoms with Crippen molar-refractivity contribution in [2.45, 2.75) is 12.7 Å². The number of hydrogen-bond acceptors (Lipinski definition) is 8. The van der Waals surface area contributed by atoms with Crippen molar-refractivity contribution in [2.24, 2.45) is 0 Å². The quantitative estimate of drug-likeness (QED) is 0.656. The summed E-state index contributed by atoms with van der Waals surface area (Å²) in [6.07, 6.45) is -4.42. The lowest BCUT2D eigenvalue weighted by atomic mass is 10.1. The second-order valence-electron chi connectivity index (χ2n) is 6.58. The molecule has 4 rings (SSSR count). The molecule has 0 aliphatic carbocycles. The smallest absolute Gasteiger partial charge is 0.418 e. The zero-order valence-corrected chi connectivity index (χ0v) is 15.5. The van der Waals surface area contributed by atoms with E-state index in [2.05, 4.69) is 20.6 Å². The molecule has 2 aromatic heterocycles. The van der Waals surface area contributed by atoms with Crippen LogP contribution in [0.4, 0.5) is 24.7 Å². The number of carboxylic acids is 1. The van der Waals surface area contributed by atoms with Crippen LogP contribution in [0.5, 0.6) is 0 Å². The monoisotopic (exact) mass is 423 g/mol. The molecule has 1 N–H and O–H groups in total. The van der Waals surface area contributed by atoms with Gasteiger partial charge < -0.3 is 19.4 Å². The Morgan fingerprint density at radius 2 is 1.83 bits per heavy atom. The van der Waals surface area contributed by atoms with Gasteiger partial charge in [0.05, 0.1) is 5.56 Å². The molecule has 1 aromatic carbocycles. The number of nitrogens with zero attached hydrogens (tertiary/aromatic N) is 7. The van der Waals surface area contributed by atoms with Gasteiger partial charge in [0.25, 0.3) is 0 Å². The summed E-state index contributed by atoms with van der Waals surface area (Å²) in [5.41, 5.74) is -0.498. The van der Waals surface area contributed by atoms with Gasteiger partial charge in [-0.15, -0.1) is 10.2 Å². The van der Waals surface area contributed by atoms with Crippen LogP contribution in [-0.2, 0) is 17.5 Å². The Hall–Kier alpha value is -3.64. The fourth-order valence-electron chi connectivity index (χ4n) is 3.22. The molecule has 1 saturated heterocycles. The van der Waals surface area contributed by atoms with Crippen LogP contribution in [0.1, 0.15) is 5.56 Å². The van der Waals surface area contributed by atoms with Gasteiger partial charge in [0.2, 0.25) is 11.6 Å². The van der Waals surface area contributed by atoms with Crippen molar-refractivity contribution in [2.75, 3.05) is 36.0 Å². The fourth-order valence-corrected chi connectivity index (χ4v) is 3.22. The highest BCUT2D eigenvalue weighted by atomic mass is 19.4. The van der Waals surface area contributed by atoms with E-state index >= 15 is 0 Å². The minimum Gasteiger partial charge on any atom is -0.480 e. The van der Waals surface area contributed by atoms with E-state index in [1.807, 2.05) is 4.90 Å². The average Bonchev–Trinajstić information content (AvgIpc) is 3.37. The summed E-state index contributed by atoms with van der Waals surface area (Å²) in [4.78, 5) is 15.2. The van der Waals surface area contributed by atoms with Gasteiger partial charge >= 0.3 is 12.1 Å². The first-order chi connectivity index (χ1) is 14.3. The standard InChI is InChI=1S/C17H16F3N7O3/c18-17(19,20)11-3-1-2-4-12(11)25-5-7-26(8-6-25)14-9-13(30-23-14)16-21-24-27(22-16)10-15(28)29/h1-4,9H,5-8,10H2,(H,28,29). The van der Waals surface area contributed by atoms with Gasteiger partial charge in [-0.05, 0) is 17.3 Å². The number of rotatable bonds is 5. The molecule has 3 heterocycles. The molecule has 3 aromatic rings. The molecular formula is C17H16F3N7O3. The third kappa shape index (κ3) is 4.04. The van der Waals surface area contributed by atoms with Crippen molar-refractivity contribution in [3.8, 4) is 11.6 Å². The number of benzene rings is 1. The van der Waals surface area contributed by atoms with E-state index in [0.29, 0.717) is 32.0 Å². The molecule has 158 valence electrons. The van der Waals surface area contributed by atoms with E-state index in [4.69, 9.17) is 9.63 Å². The van der Waals surface area contributed by atoms with Crippen molar-refractivity contribution in [1.82, 2.24) is 25.4 Å². The first-order valence-corrected chi connectivity index (χ1v) is 8.94. The van der Waals surface area contributed by atoms with Crippen LogP contribution in [0.25, 0.3) is 11.6 Å². The number of halogens is 3. The molecule has 1 fully saturated rings. The Bertz CT molecular complexity index is 1040. The molecule has 0 radical (unpaired) electrons. The van der Waals surface area contributed by atoms with Gasteiger partial charge in [-0.2, -0.15) is 18.0 Å². The Kier molecular flexibility index (Phi) is 5.01. The molecule has 1 aliphatic rings. The van der Waals surface area contributed by atoms with Crippen LogP contribution in [0.3, 0.4) is 0 Å². The summed E-state index contributed by atoms with van der Waals surface area (Å²) < 4.78 is 45.0. The molecule has 10 nitrogen and oxygen atoms in total. The first-order valence-electron chi connectivity index (χ1n) is 8.94. The molecule has 1 aliphatic heterocycles. The molecule has 13 heteroatoms. The summed E-state index contributed by atoms with van der Waals surface area (Å²) in [5.74, 6) is -0.315. The highest BCUT2D eigenvalue weighted by molar-refractivity contribution is 5.66. The molecule has 30 heavy (non-hydrogen) atoms. The van der Waals surface area contributed by atoms with Crippen LogP contribution in [0, 0.1) is 0 Å². The van der Waals surface area contributed by atoms with Gasteiger partial charge in [-0.1, -0.05) is 17.3 Å². The topological polar surface area (TPSA) is 113 Å². The second-order valence-corrected chi connectivity index (χ2v) is 6.58. The van der Waals surface area contributed by atoms with Crippen molar-refractivity contribution in [3.05, 3.63) is 35.9 Å². The van der Waals surface area contributed by atoms with E-state index in [1.165, 1.54) is 12.1 Å². The number of tetrazole rings is 1. The number of aromatic nitrogens is 5. The van der Waals surface area contributed by atoms with Crippen LogP contribution in [0.15, 0.2) is 34.9 Å². The summed E-state index contributed by atoms with van der Waals surface area (Å²) >= 11 is 0. The van der Waals surface area contributed by atoms with Crippen LogP contribution < -0.4 is 9.80 Å². The molecule has 0 amide bonds. The fraction of sp³-hybridized carbons (Fsp3) is 0.353. The maximum absolute atomic E-state index is 13.3. The normalized spacial score (nSPS) is 14.9. The molecule has 0 bridgehead atoms. The lowest BCUT2D eigenvalue weighted by Gasteiger charge is -2.37. The van der Waals surface area contributed by atoms with Crippen LogP contribution in [0.2, 0.25) is 0 Å². The lowest BCUT2D eigenvalue weighted by molar-refractivity contribution is -0.138. The Labute approximate surface area is 167 Å². The van der Waals surface area contributed by atoms with Gasteiger partial charge in [-0.3, -0.25) is 4.79 Å². The summed E-state index contributed by atoms with van der Waals surface area (Å²) in [7, 11) is 0. The Balaban J connectivity index is 1.43. The number of para-hydroxylation sites is 1. The van der Waals surface area contributed by atoms with Crippen molar-refractivity contribution in [1.29, 1.82) is 0 Å². The molecular weight excluding hydrogens is 407 g/mol. The summed E-state index contributed by atoms with van der Waals surface area (Å²) in [5, 5.41) is 24.0. The van der Waals surface area contributed by atoms with E-state index in [0.717, 1.165) is 10.9 Å². The molecule has 0 unspecified atom stereocenters. The second kappa shape index (κ2) is 7.65. The molecule has 0 saturated carbocycles. The van der Waals surface area contributed by atoms with Gasteiger partial charge in [0, 0.05) is 37.9 Å². The zero-order valence-electron chi connectivity index (χ0n) is 15.5. The summed E-state index contributed by atoms with van der Waals surface area (Å²) in [6, 6.07) is 7.10. The van der Waals surface area contributed by atoms with E-state index in [1.54, 1.807) is 17.0 Å². The van der Waals surface area contributed by atoms with Crippen LogP contribution >= 0.6 is 0 Å². The third-order valence-electron chi connectivity index (χ3n) is 4.60. The third-order valence-corrected chi connectivity index (χ3v) is 4.60. The van der Waals surface area contributed by atoms with Gasteiger partial charge in [0.15, 0.2) is 12.4 Å². The largest absolute Gasteiger partial charge is 0.480 e. The highest BCUT2D eigenvalue weighted by Gasteiger charge is 2.35. The number of piperazine rings is 1. The van der Waals surface area contributed by atoms with E-state index in [9.17, 15) is 18.0 Å². The molecule has 0 spiro atoms.